The number of aryl methyl sites for hydroxylation is 2. The molecule has 0 heterocycles. The van der Waals surface area contributed by atoms with Crippen molar-refractivity contribution >= 4 is 17.7 Å². The molecule has 1 N–H and O–H groups in total. The molecule has 1 fully saturated rings. The standard InChI is InChI=1S/C21H24N2O4/c1-21(13-22,17-7-8-17)23-19(25)12-27-20(26)10-9-18(24)16-6-5-14-3-2-4-15(14)11-16/h5-6,11,17H,2-4,7-10,12H2,1H3,(H,23,25)/t21-/m1/s1. The minimum Gasteiger partial charge on any atom is -0.456 e. The molecule has 0 bridgehead atoms. The maximum Gasteiger partial charge on any atom is 0.306 e. The Morgan fingerprint density at radius 3 is 2.67 bits per heavy atom. The van der Waals surface area contributed by atoms with Crippen LogP contribution >= 0.6 is 0 Å². The van der Waals surface area contributed by atoms with Gasteiger partial charge in [-0.05, 0) is 62.1 Å². The summed E-state index contributed by atoms with van der Waals surface area (Å²) in [4.78, 5) is 36.0. The molecule has 0 radical (unpaired) electrons. The summed E-state index contributed by atoms with van der Waals surface area (Å²) in [6, 6.07) is 7.84. The average molecular weight is 368 g/mol. The highest BCUT2D eigenvalue weighted by Gasteiger charge is 2.43. The van der Waals surface area contributed by atoms with E-state index in [4.69, 9.17) is 4.74 Å². The number of benzene rings is 1. The molecule has 6 heteroatoms. The lowest BCUT2D eigenvalue weighted by atomic mass is 9.98. The lowest BCUT2D eigenvalue weighted by molar-refractivity contribution is -0.148. The molecule has 142 valence electrons. The Morgan fingerprint density at radius 1 is 1.22 bits per heavy atom. The third-order valence-corrected chi connectivity index (χ3v) is 5.37. The number of esters is 1. The number of nitrogens with one attached hydrogen (secondary N) is 1. The molecule has 1 aromatic carbocycles. The minimum atomic E-state index is -0.910. The summed E-state index contributed by atoms with van der Waals surface area (Å²) in [6.07, 6.45) is 4.98. The molecule has 1 amide bonds. The van der Waals surface area contributed by atoms with Gasteiger partial charge < -0.3 is 10.1 Å². The van der Waals surface area contributed by atoms with Crippen molar-refractivity contribution in [3.8, 4) is 6.07 Å². The van der Waals surface area contributed by atoms with Crippen molar-refractivity contribution in [1.29, 1.82) is 5.26 Å². The molecular formula is C21H24N2O4. The Morgan fingerprint density at radius 2 is 1.96 bits per heavy atom. The fourth-order valence-corrected chi connectivity index (χ4v) is 3.53. The van der Waals surface area contributed by atoms with Gasteiger partial charge in [-0.3, -0.25) is 14.4 Å². The predicted molar refractivity (Wildman–Crippen MR) is 97.9 cm³/mol. The van der Waals surface area contributed by atoms with Gasteiger partial charge in [0.05, 0.1) is 12.5 Å². The zero-order valence-electron chi connectivity index (χ0n) is 15.5. The minimum absolute atomic E-state index is 0.0528. The first-order valence-corrected chi connectivity index (χ1v) is 9.44. The molecule has 1 atom stereocenters. The van der Waals surface area contributed by atoms with Gasteiger partial charge in [0.2, 0.25) is 0 Å². The average Bonchev–Trinajstić information content (AvgIpc) is 3.42. The lowest BCUT2D eigenvalue weighted by Gasteiger charge is -2.22. The van der Waals surface area contributed by atoms with E-state index in [0.29, 0.717) is 5.56 Å². The zero-order chi connectivity index (χ0) is 19.4. The Bertz CT molecular complexity index is 807. The molecule has 1 saturated carbocycles. The van der Waals surface area contributed by atoms with Crippen molar-refractivity contribution in [3.05, 3.63) is 34.9 Å². The van der Waals surface area contributed by atoms with Crippen LogP contribution in [0.5, 0.6) is 0 Å². The van der Waals surface area contributed by atoms with E-state index in [1.165, 1.54) is 11.1 Å². The maximum absolute atomic E-state index is 12.3. The van der Waals surface area contributed by atoms with Gasteiger partial charge in [-0.25, -0.2) is 0 Å². The van der Waals surface area contributed by atoms with Crippen molar-refractivity contribution in [2.45, 2.75) is 57.4 Å². The van der Waals surface area contributed by atoms with Gasteiger partial charge in [-0.15, -0.1) is 0 Å². The number of amides is 1. The molecule has 0 aromatic heterocycles. The van der Waals surface area contributed by atoms with Crippen molar-refractivity contribution in [1.82, 2.24) is 5.32 Å². The van der Waals surface area contributed by atoms with Crippen LogP contribution in [0.4, 0.5) is 0 Å². The smallest absolute Gasteiger partial charge is 0.306 e. The number of fused-ring (bicyclic) bond motifs is 1. The van der Waals surface area contributed by atoms with Crippen LogP contribution in [-0.2, 0) is 27.2 Å². The second kappa shape index (κ2) is 7.91. The van der Waals surface area contributed by atoms with Crippen LogP contribution in [0.3, 0.4) is 0 Å². The van der Waals surface area contributed by atoms with Crippen molar-refractivity contribution in [2.24, 2.45) is 5.92 Å². The Kier molecular flexibility index (Phi) is 5.59. The lowest BCUT2D eigenvalue weighted by Crippen LogP contribution is -2.48. The molecule has 0 unspecified atom stereocenters. The van der Waals surface area contributed by atoms with Crippen LogP contribution < -0.4 is 5.32 Å². The summed E-state index contributed by atoms with van der Waals surface area (Å²) >= 11 is 0. The second-order valence-corrected chi connectivity index (χ2v) is 7.56. The van der Waals surface area contributed by atoms with E-state index >= 15 is 0 Å². The summed E-state index contributed by atoms with van der Waals surface area (Å²) in [6.45, 7) is 1.25. The SMILES string of the molecule is C[C@](C#N)(NC(=O)COC(=O)CCC(=O)c1ccc2c(c1)CCC2)C1CC1. The second-order valence-electron chi connectivity index (χ2n) is 7.56. The number of hydrogen-bond donors (Lipinski definition) is 1. The highest BCUT2D eigenvalue weighted by atomic mass is 16.5. The Balaban J connectivity index is 1.41. The summed E-state index contributed by atoms with van der Waals surface area (Å²) in [5.74, 6) is -1.03. The first kappa shape index (κ1) is 19.1. The van der Waals surface area contributed by atoms with Crippen LogP contribution in [-0.4, -0.2) is 29.8 Å². The van der Waals surface area contributed by atoms with E-state index in [0.717, 1.165) is 32.1 Å². The number of nitriles is 1. The molecule has 0 saturated heterocycles. The van der Waals surface area contributed by atoms with E-state index in [1.54, 1.807) is 6.92 Å². The summed E-state index contributed by atoms with van der Waals surface area (Å²) in [7, 11) is 0. The third-order valence-electron chi connectivity index (χ3n) is 5.37. The highest BCUT2D eigenvalue weighted by Crippen LogP contribution is 2.39. The van der Waals surface area contributed by atoms with Gasteiger partial charge in [-0.1, -0.05) is 12.1 Å². The number of rotatable bonds is 8. The highest BCUT2D eigenvalue weighted by molar-refractivity contribution is 5.98. The van der Waals surface area contributed by atoms with Gasteiger partial charge in [-0.2, -0.15) is 5.26 Å². The number of Topliss-reactive ketones (excluding diaryl/α,β-unsaturated/α-hetero) is 1. The Hall–Kier alpha value is -2.68. The molecular weight excluding hydrogens is 344 g/mol. The van der Waals surface area contributed by atoms with Crippen LogP contribution in [0.1, 0.15) is 60.5 Å². The number of ether oxygens (including phenoxy) is 1. The zero-order valence-corrected chi connectivity index (χ0v) is 15.5. The normalized spacial score (nSPS) is 17.3. The maximum atomic E-state index is 12.3. The van der Waals surface area contributed by atoms with Crippen molar-refractivity contribution in [3.63, 3.8) is 0 Å². The summed E-state index contributed by atoms with van der Waals surface area (Å²) < 4.78 is 4.94. The summed E-state index contributed by atoms with van der Waals surface area (Å²) in [5, 5.41) is 11.9. The molecule has 1 aromatic rings. The van der Waals surface area contributed by atoms with E-state index in [1.807, 2.05) is 18.2 Å². The van der Waals surface area contributed by atoms with Gasteiger partial charge >= 0.3 is 5.97 Å². The third kappa shape index (κ3) is 4.73. The van der Waals surface area contributed by atoms with Crippen LogP contribution in [0.25, 0.3) is 0 Å². The first-order chi connectivity index (χ1) is 12.9. The van der Waals surface area contributed by atoms with Gasteiger partial charge in [0, 0.05) is 12.0 Å². The van der Waals surface area contributed by atoms with Crippen LogP contribution in [0.2, 0.25) is 0 Å². The van der Waals surface area contributed by atoms with E-state index < -0.39 is 24.0 Å². The molecule has 27 heavy (non-hydrogen) atoms. The quantitative estimate of drug-likeness (QED) is 0.562. The fourth-order valence-electron chi connectivity index (χ4n) is 3.53. The van der Waals surface area contributed by atoms with E-state index in [-0.39, 0.29) is 24.5 Å². The molecule has 2 aliphatic carbocycles. The number of nitrogens with zero attached hydrogens (tertiary/aromatic N) is 1. The van der Waals surface area contributed by atoms with Crippen molar-refractivity contribution < 1.29 is 19.1 Å². The molecule has 2 aliphatic rings. The molecule has 0 spiro atoms. The number of ketones is 1. The number of hydrogen-bond acceptors (Lipinski definition) is 5. The van der Waals surface area contributed by atoms with Gasteiger partial charge in [0.1, 0.15) is 5.54 Å². The first-order valence-electron chi connectivity index (χ1n) is 9.44. The number of carbonyl (C=O) groups is 3. The van der Waals surface area contributed by atoms with E-state index in [9.17, 15) is 19.6 Å². The van der Waals surface area contributed by atoms with Gasteiger partial charge in [0.15, 0.2) is 12.4 Å². The molecule has 0 aliphatic heterocycles. The van der Waals surface area contributed by atoms with Gasteiger partial charge in [0.25, 0.3) is 5.91 Å². The van der Waals surface area contributed by atoms with E-state index in [2.05, 4.69) is 11.4 Å². The monoisotopic (exact) mass is 368 g/mol. The summed E-state index contributed by atoms with van der Waals surface area (Å²) in [5.41, 5.74) is 2.23. The number of carbonyl (C=O) groups excluding carboxylic acids is 3. The topological polar surface area (TPSA) is 96.3 Å². The largest absolute Gasteiger partial charge is 0.456 e. The van der Waals surface area contributed by atoms with Crippen LogP contribution in [0, 0.1) is 17.2 Å². The van der Waals surface area contributed by atoms with Crippen molar-refractivity contribution in [2.75, 3.05) is 6.61 Å². The molecule has 6 nitrogen and oxygen atoms in total. The van der Waals surface area contributed by atoms with Crippen LogP contribution in [0.15, 0.2) is 18.2 Å². The Labute approximate surface area is 158 Å². The molecule has 3 rings (SSSR count). The predicted octanol–water partition coefficient (Wildman–Crippen LogP) is 2.49. The fraction of sp³-hybridized carbons (Fsp3) is 0.524.